The number of amides is 1. The molecule has 5 rings (SSSR count). The van der Waals surface area contributed by atoms with E-state index in [1.807, 2.05) is 29.6 Å². The standard InChI is InChI=1S/C18H13N5O3S2/c24-16(19-11-3-4-12-13(8-11)26-10-25-12)9-28-17-6-5-15-20-21-18(23(15)22-17)14-2-1-7-27-14/h1-8H,9-10H2,(H,19,24). The van der Waals surface area contributed by atoms with Crippen LogP contribution in [0.5, 0.6) is 11.5 Å². The summed E-state index contributed by atoms with van der Waals surface area (Å²) < 4.78 is 12.3. The molecule has 0 saturated heterocycles. The fraction of sp³-hybridized carbons (Fsp3) is 0.111. The first kappa shape index (κ1) is 17.0. The average Bonchev–Trinajstić information content (AvgIpc) is 3.45. The normalized spacial score (nSPS) is 12.4. The second-order valence-corrected chi connectivity index (χ2v) is 7.79. The molecule has 1 aromatic carbocycles. The number of nitrogens with zero attached hydrogens (tertiary/aromatic N) is 4. The monoisotopic (exact) mass is 411 g/mol. The van der Waals surface area contributed by atoms with Gasteiger partial charge < -0.3 is 14.8 Å². The molecular weight excluding hydrogens is 398 g/mol. The van der Waals surface area contributed by atoms with Crippen LogP contribution in [-0.4, -0.2) is 38.3 Å². The fourth-order valence-corrected chi connectivity index (χ4v) is 4.07. The number of fused-ring (bicyclic) bond motifs is 2. The molecular formula is C18H13N5O3S2. The number of nitrogens with one attached hydrogen (secondary N) is 1. The van der Waals surface area contributed by atoms with E-state index in [0.29, 0.717) is 33.7 Å². The summed E-state index contributed by atoms with van der Waals surface area (Å²) in [4.78, 5) is 13.3. The molecule has 0 bridgehead atoms. The van der Waals surface area contributed by atoms with E-state index in [0.717, 1.165) is 4.88 Å². The maximum atomic E-state index is 12.3. The zero-order chi connectivity index (χ0) is 18.9. The topological polar surface area (TPSA) is 90.6 Å². The van der Waals surface area contributed by atoms with Crippen LogP contribution in [0, 0.1) is 0 Å². The van der Waals surface area contributed by atoms with Crippen molar-refractivity contribution < 1.29 is 14.3 Å². The van der Waals surface area contributed by atoms with Crippen molar-refractivity contribution in [2.24, 2.45) is 0 Å². The van der Waals surface area contributed by atoms with Crippen LogP contribution in [0.1, 0.15) is 0 Å². The van der Waals surface area contributed by atoms with Gasteiger partial charge in [0, 0.05) is 11.8 Å². The Morgan fingerprint density at radius 2 is 2.11 bits per heavy atom. The molecule has 0 aliphatic carbocycles. The van der Waals surface area contributed by atoms with Crippen LogP contribution >= 0.6 is 23.1 Å². The van der Waals surface area contributed by atoms with Gasteiger partial charge in [-0.05, 0) is 35.7 Å². The van der Waals surface area contributed by atoms with E-state index in [4.69, 9.17) is 9.47 Å². The van der Waals surface area contributed by atoms with Gasteiger partial charge in [-0.25, -0.2) is 0 Å². The van der Waals surface area contributed by atoms with Crippen molar-refractivity contribution in [2.75, 3.05) is 17.9 Å². The van der Waals surface area contributed by atoms with Gasteiger partial charge in [0.1, 0.15) is 5.03 Å². The average molecular weight is 411 g/mol. The molecule has 0 radical (unpaired) electrons. The highest BCUT2D eigenvalue weighted by Gasteiger charge is 2.15. The van der Waals surface area contributed by atoms with Crippen molar-refractivity contribution in [3.05, 3.63) is 47.8 Å². The number of thioether (sulfide) groups is 1. The minimum absolute atomic E-state index is 0.131. The van der Waals surface area contributed by atoms with Crippen molar-refractivity contribution in [1.29, 1.82) is 0 Å². The second kappa shape index (κ2) is 7.13. The van der Waals surface area contributed by atoms with E-state index >= 15 is 0 Å². The number of aromatic nitrogens is 4. The summed E-state index contributed by atoms with van der Waals surface area (Å²) in [6.07, 6.45) is 0. The zero-order valence-electron chi connectivity index (χ0n) is 14.4. The van der Waals surface area contributed by atoms with Crippen LogP contribution in [0.15, 0.2) is 52.9 Å². The molecule has 10 heteroatoms. The minimum Gasteiger partial charge on any atom is -0.454 e. The van der Waals surface area contributed by atoms with Gasteiger partial charge in [-0.15, -0.1) is 21.5 Å². The molecule has 0 unspecified atom stereocenters. The van der Waals surface area contributed by atoms with Gasteiger partial charge >= 0.3 is 0 Å². The number of carbonyl (C=O) groups excluding carboxylic acids is 1. The van der Waals surface area contributed by atoms with E-state index in [1.165, 1.54) is 11.8 Å². The third-order valence-corrected chi connectivity index (χ3v) is 5.77. The summed E-state index contributed by atoms with van der Waals surface area (Å²) in [6, 6.07) is 12.9. The lowest BCUT2D eigenvalue weighted by atomic mass is 10.3. The third kappa shape index (κ3) is 3.27. The van der Waals surface area contributed by atoms with Gasteiger partial charge in [0.25, 0.3) is 0 Å². The number of anilines is 1. The van der Waals surface area contributed by atoms with Crippen LogP contribution in [0.25, 0.3) is 16.3 Å². The van der Waals surface area contributed by atoms with E-state index < -0.39 is 0 Å². The Morgan fingerprint density at radius 1 is 1.18 bits per heavy atom. The Bertz CT molecular complexity index is 1160. The third-order valence-electron chi connectivity index (χ3n) is 3.99. The lowest BCUT2D eigenvalue weighted by molar-refractivity contribution is -0.113. The Balaban J connectivity index is 1.28. The molecule has 1 amide bonds. The van der Waals surface area contributed by atoms with Crippen LogP contribution in [0.4, 0.5) is 5.69 Å². The quantitative estimate of drug-likeness (QED) is 0.504. The van der Waals surface area contributed by atoms with Gasteiger partial charge in [0.2, 0.25) is 12.7 Å². The van der Waals surface area contributed by atoms with E-state index in [1.54, 1.807) is 34.1 Å². The molecule has 1 N–H and O–H groups in total. The molecule has 4 aromatic rings. The number of rotatable bonds is 5. The van der Waals surface area contributed by atoms with Crippen molar-refractivity contribution in [1.82, 2.24) is 19.8 Å². The highest BCUT2D eigenvalue weighted by atomic mass is 32.2. The van der Waals surface area contributed by atoms with Crippen LogP contribution in [-0.2, 0) is 4.79 Å². The molecule has 1 aliphatic rings. The smallest absolute Gasteiger partial charge is 0.234 e. The number of hydrogen-bond acceptors (Lipinski definition) is 8. The number of hydrogen-bond donors (Lipinski definition) is 1. The van der Waals surface area contributed by atoms with Crippen molar-refractivity contribution in [3.63, 3.8) is 0 Å². The molecule has 140 valence electrons. The SMILES string of the molecule is O=C(CSc1ccc2nnc(-c3cccs3)n2n1)Nc1ccc2c(c1)OCO2. The molecule has 28 heavy (non-hydrogen) atoms. The largest absolute Gasteiger partial charge is 0.454 e. The Morgan fingerprint density at radius 3 is 3.00 bits per heavy atom. The molecule has 1 aliphatic heterocycles. The van der Waals surface area contributed by atoms with Crippen molar-refractivity contribution in [2.45, 2.75) is 5.03 Å². The summed E-state index contributed by atoms with van der Waals surface area (Å²) in [7, 11) is 0. The molecule has 0 spiro atoms. The minimum atomic E-state index is -0.131. The Hall–Kier alpha value is -3.11. The zero-order valence-corrected chi connectivity index (χ0v) is 16.0. The van der Waals surface area contributed by atoms with E-state index in [9.17, 15) is 4.79 Å². The summed E-state index contributed by atoms with van der Waals surface area (Å²) in [5, 5.41) is 18.5. The number of ether oxygens (including phenoxy) is 2. The van der Waals surface area contributed by atoms with Crippen LogP contribution in [0.3, 0.4) is 0 Å². The summed E-state index contributed by atoms with van der Waals surface area (Å²) >= 11 is 2.92. The molecule has 3 aromatic heterocycles. The molecule has 0 saturated carbocycles. The number of carbonyl (C=O) groups is 1. The van der Waals surface area contributed by atoms with Crippen molar-refractivity contribution in [3.8, 4) is 22.2 Å². The van der Waals surface area contributed by atoms with Gasteiger partial charge in [0.15, 0.2) is 23.0 Å². The maximum absolute atomic E-state index is 12.3. The predicted octanol–water partition coefficient (Wildman–Crippen LogP) is 3.31. The van der Waals surface area contributed by atoms with Gasteiger partial charge in [-0.3, -0.25) is 4.79 Å². The maximum Gasteiger partial charge on any atom is 0.234 e. The highest BCUT2D eigenvalue weighted by Crippen LogP contribution is 2.34. The Kier molecular flexibility index (Phi) is 4.34. The van der Waals surface area contributed by atoms with E-state index in [-0.39, 0.29) is 18.5 Å². The lowest BCUT2D eigenvalue weighted by Gasteiger charge is -2.06. The summed E-state index contributed by atoms with van der Waals surface area (Å²) in [5.74, 6) is 2.10. The first-order valence-corrected chi connectivity index (χ1v) is 10.2. The van der Waals surface area contributed by atoms with Crippen molar-refractivity contribution >= 4 is 40.3 Å². The van der Waals surface area contributed by atoms with Gasteiger partial charge in [0.05, 0.1) is 10.6 Å². The lowest BCUT2D eigenvalue weighted by Crippen LogP contribution is -2.14. The summed E-state index contributed by atoms with van der Waals surface area (Å²) in [5.41, 5.74) is 1.33. The molecule has 8 nitrogen and oxygen atoms in total. The molecule has 0 atom stereocenters. The molecule has 4 heterocycles. The van der Waals surface area contributed by atoms with Crippen LogP contribution < -0.4 is 14.8 Å². The first-order valence-electron chi connectivity index (χ1n) is 8.35. The second-order valence-electron chi connectivity index (χ2n) is 5.85. The summed E-state index contributed by atoms with van der Waals surface area (Å²) in [6.45, 7) is 0.202. The first-order chi connectivity index (χ1) is 13.8. The predicted molar refractivity (Wildman–Crippen MR) is 106 cm³/mol. The van der Waals surface area contributed by atoms with E-state index in [2.05, 4.69) is 20.6 Å². The number of benzene rings is 1. The van der Waals surface area contributed by atoms with Gasteiger partial charge in [-0.1, -0.05) is 17.8 Å². The number of thiophene rings is 1. The van der Waals surface area contributed by atoms with Gasteiger partial charge in [-0.2, -0.15) is 9.61 Å². The highest BCUT2D eigenvalue weighted by molar-refractivity contribution is 7.99. The fourth-order valence-electron chi connectivity index (χ4n) is 2.72. The molecule has 0 fully saturated rings. The Labute approximate surface area is 167 Å². The van der Waals surface area contributed by atoms with Crippen LogP contribution in [0.2, 0.25) is 0 Å².